The van der Waals surface area contributed by atoms with Crippen molar-refractivity contribution in [1.29, 1.82) is 0 Å². The average molecular weight is 380 g/mol. The first-order chi connectivity index (χ1) is 13.6. The zero-order valence-electron chi connectivity index (χ0n) is 16.8. The van der Waals surface area contributed by atoms with E-state index >= 15 is 0 Å². The molecule has 28 heavy (non-hydrogen) atoms. The van der Waals surface area contributed by atoms with E-state index in [0.29, 0.717) is 24.1 Å². The van der Waals surface area contributed by atoms with Gasteiger partial charge in [-0.25, -0.2) is 4.98 Å². The Balaban J connectivity index is 1.36. The Hall–Kier alpha value is -2.40. The molecular weight excluding hydrogens is 350 g/mol. The van der Waals surface area contributed by atoms with Gasteiger partial charge in [0.15, 0.2) is 5.76 Å². The highest BCUT2D eigenvalue weighted by Crippen LogP contribution is 2.24. The highest BCUT2D eigenvalue weighted by molar-refractivity contribution is 5.98. The number of benzene rings is 1. The Morgan fingerprint density at radius 1 is 1.25 bits per heavy atom. The Morgan fingerprint density at radius 2 is 2.14 bits per heavy atom. The first kappa shape index (κ1) is 18.9. The van der Waals surface area contributed by atoms with E-state index in [1.54, 1.807) is 6.07 Å². The van der Waals surface area contributed by atoms with E-state index in [1.165, 1.54) is 32.2 Å². The Labute approximate surface area is 166 Å². The van der Waals surface area contributed by atoms with Crippen molar-refractivity contribution in [2.75, 3.05) is 19.6 Å². The summed E-state index contributed by atoms with van der Waals surface area (Å²) >= 11 is 0. The lowest BCUT2D eigenvalue weighted by atomic mass is 10.00. The standard InChI is InChI=1S/C23H29N3O2/c1-3-19-7-4-5-11-26(19)12-6-10-24-22(27)21-15-18-14-17-9-8-16(2)13-20(17)25-23(18)28-21/h8-9,13-15,19H,3-7,10-12H2,1-2H3,(H,24,27). The molecule has 5 heteroatoms. The molecular formula is C23H29N3O2. The molecule has 1 atom stereocenters. The molecule has 0 bridgehead atoms. The van der Waals surface area contributed by atoms with E-state index < -0.39 is 0 Å². The smallest absolute Gasteiger partial charge is 0.287 e. The molecule has 0 spiro atoms. The fourth-order valence-electron chi connectivity index (χ4n) is 4.24. The van der Waals surface area contributed by atoms with Gasteiger partial charge in [0.2, 0.25) is 5.71 Å². The number of fused-ring (bicyclic) bond motifs is 2. The number of amides is 1. The molecule has 1 amide bonds. The summed E-state index contributed by atoms with van der Waals surface area (Å²) in [5.41, 5.74) is 2.56. The van der Waals surface area contributed by atoms with Crippen molar-refractivity contribution in [2.45, 2.75) is 52.0 Å². The van der Waals surface area contributed by atoms with Crippen molar-refractivity contribution < 1.29 is 9.21 Å². The van der Waals surface area contributed by atoms with Crippen molar-refractivity contribution >= 4 is 27.9 Å². The lowest BCUT2D eigenvalue weighted by Crippen LogP contribution is -2.40. The molecule has 1 saturated heterocycles. The van der Waals surface area contributed by atoms with Crippen LogP contribution in [0.2, 0.25) is 0 Å². The molecule has 5 nitrogen and oxygen atoms in total. The number of pyridine rings is 1. The van der Waals surface area contributed by atoms with Gasteiger partial charge < -0.3 is 14.6 Å². The van der Waals surface area contributed by atoms with E-state index in [0.717, 1.165) is 34.8 Å². The summed E-state index contributed by atoms with van der Waals surface area (Å²) in [6.07, 6.45) is 6.13. The maximum Gasteiger partial charge on any atom is 0.287 e. The van der Waals surface area contributed by atoms with Gasteiger partial charge in [0.25, 0.3) is 5.91 Å². The largest absolute Gasteiger partial charge is 0.433 e. The summed E-state index contributed by atoms with van der Waals surface area (Å²) in [7, 11) is 0. The zero-order chi connectivity index (χ0) is 19.5. The molecule has 0 aliphatic carbocycles. The van der Waals surface area contributed by atoms with E-state index in [1.807, 2.05) is 25.1 Å². The van der Waals surface area contributed by atoms with E-state index in [4.69, 9.17) is 4.42 Å². The third-order valence-electron chi connectivity index (χ3n) is 5.81. The SMILES string of the molecule is CCC1CCCCN1CCCNC(=O)c1cc2cc3ccc(C)cc3nc2o1. The van der Waals surface area contributed by atoms with Gasteiger partial charge in [0.1, 0.15) is 0 Å². The highest BCUT2D eigenvalue weighted by atomic mass is 16.4. The summed E-state index contributed by atoms with van der Waals surface area (Å²) < 4.78 is 5.73. The minimum Gasteiger partial charge on any atom is -0.433 e. The number of hydrogen-bond acceptors (Lipinski definition) is 4. The van der Waals surface area contributed by atoms with Gasteiger partial charge in [0.05, 0.1) is 5.52 Å². The normalized spacial score (nSPS) is 18.0. The lowest BCUT2D eigenvalue weighted by Gasteiger charge is -2.35. The summed E-state index contributed by atoms with van der Waals surface area (Å²) in [6, 6.07) is 10.7. The molecule has 1 aromatic carbocycles. The quantitative estimate of drug-likeness (QED) is 0.632. The third kappa shape index (κ3) is 4.04. The number of carbonyl (C=O) groups is 1. The van der Waals surface area contributed by atoms with Crippen LogP contribution in [0.4, 0.5) is 0 Å². The van der Waals surface area contributed by atoms with Gasteiger partial charge in [-0.3, -0.25) is 4.79 Å². The molecule has 1 aliphatic heterocycles. The number of aryl methyl sites for hydroxylation is 1. The van der Waals surface area contributed by atoms with Gasteiger partial charge in [-0.2, -0.15) is 0 Å². The third-order valence-corrected chi connectivity index (χ3v) is 5.81. The fourth-order valence-corrected chi connectivity index (χ4v) is 4.24. The van der Waals surface area contributed by atoms with Crippen molar-refractivity contribution in [1.82, 2.24) is 15.2 Å². The van der Waals surface area contributed by atoms with Crippen molar-refractivity contribution in [3.05, 3.63) is 41.7 Å². The number of hydrogen-bond donors (Lipinski definition) is 1. The summed E-state index contributed by atoms with van der Waals surface area (Å²) in [4.78, 5) is 19.6. The van der Waals surface area contributed by atoms with Gasteiger partial charge in [-0.15, -0.1) is 0 Å². The van der Waals surface area contributed by atoms with Crippen molar-refractivity contribution in [3.8, 4) is 0 Å². The number of rotatable bonds is 6. The number of likely N-dealkylation sites (tertiary alicyclic amines) is 1. The summed E-state index contributed by atoms with van der Waals surface area (Å²) in [5.74, 6) is 0.169. The van der Waals surface area contributed by atoms with Crippen molar-refractivity contribution in [3.63, 3.8) is 0 Å². The van der Waals surface area contributed by atoms with Gasteiger partial charge in [-0.1, -0.05) is 25.5 Å². The van der Waals surface area contributed by atoms with Gasteiger partial charge in [-0.05, 0) is 62.9 Å². The highest BCUT2D eigenvalue weighted by Gasteiger charge is 2.20. The molecule has 3 heterocycles. The maximum absolute atomic E-state index is 12.5. The van der Waals surface area contributed by atoms with Crippen LogP contribution in [0.15, 0.2) is 34.7 Å². The summed E-state index contributed by atoms with van der Waals surface area (Å²) in [5, 5.41) is 4.91. The average Bonchev–Trinajstić information content (AvgIpc) is 3.12. The number of piperidine rings is 1. The van der Waals surface area contributed by atoms with Crippen LogP contribution in [0.5, 0.6) is 0 Å². The topological polar surface area (TPSA) is 58.4 Å². The molecule has 0 radical (unpaired) electrons. The van der Waals surface area contributed by atoms with Crippen LogP contribution in [0.3, 0.4) is 0 Å². The summed E-state index contributed by atoms with van der Waals surface area (Å²) in [6.45, 7) is 7.21. The first-order valence-electron chi connectivity index (χ1n) is 10.5. The van der Waals surface area contributed by atoms with Crippen LogP contribution >= 0.6 is 0 Å². The van der Waals surface area contributed by atoms with E-state index in [2.05, 4.69) is 28.2 Å². The molecule has 3 aromatic rings. The van der Waals surface area contributed by atoms with Crippen LogP contribution in [0, 0.1) is 6.92 Å². The molecule has 1 N–H and O–H groups in total. The number of nitrogens with zero attached hydrogens (tertiary/aromatic N) is 2. The van der Waals surface area contributed by atoms with Crippen LogP contribution in [0.1, 0.15) is 55.1 Å². The predicted molar refractivity (Wildman–Crippen MR) is 113 cm³/mol. The second kappa shape index (κ2) is 8.31. The van der Waals surface area contributed by atoms with Crippen LogP contribution in [-0.2, 0) is 0 Å². The van der Waals surface area contributed by atoms with Crippen LogP contribution < -0.4 is 5.32 Å². The molecule has 0 saturated carbocycles. The molecule has 1 fully saturated rings. The van der Waals surface area contributed by atoms with E-state index in [-0.39, 0.29) is 5.91 Å². The van der Waals surface area contributed by atoms with Gasteiger partial charge >= 0.3 is 0 Å². The van der Waals surface area contributed by atoms with Crippen LogP contribution in [-0.4, -0.2) is 41.5 Å². The molecule has 4 rings (SSSR count). The van der Waals surface area contributed by atoms with E-state index in [9.17, 15) is 4.79 Å². The Morgan fingerprint density at radius 3 is 3.00 bits per heavy atom. The van der Waals surface area contributed by atoms with Crippen LogP contribution in [0.25, 0.3) is 22.0 Å². The lowest BCUT2D eigenvalue weighted by molar-refractivity contribution is 0.0921. The molecule has 1 aliphatic rings. The number of nitrogens with one attached hydrogen (secondary N) is 1. The minimum atomic E-state index is -0.163. The molecule has 1 unspecified atom stereocenters. The Kier molecular flexibility index (Phi) is 5.62. The second-order valence-electron chi connectivity index (χ2n) is 7.89. The predicted octanol–water partition coefficient (Wildman–Crippen LogP) is 4.67. The van der Waals surface area contributed by atoms with Crippen molar-refractivity contribution in [2.24, 2.45) is 0 Å². The maximum atomic E-state index is 12.5. The second-order valence-corrected chi connectivity index (χ2v) is 7.89. The Bertz CT molecular complexity index is 979. The number of aromatic nitrogens is 1. The molecule has 148 valence electrons. The minimum absolute atomic E-state index is 0.163. The number of furan rings is 1. The monoisotopic (exact) mass is 379 g/mol. The molecule has 2 aromatic heterocycles. The van der Waals surface area contributed by atoms with Gasteiger partial charge in [0, 0.05) is 29.9 Å². The first-order valence-corrected chi connectivity index (χ1v) is 10.5. The fraction of sp³-hybridized carbons (Fsp3) is 0.478. The zero-order valence-corrected chi connectivity index (χ0v) is 16.8. The number of carbonyl (C=O) groups excluding carboxylic acids is 1.